The summed E-state index contributed by atoms with van der Waals surface area (Å²) in [5, 5.41) is 14.0. The summed E-state index contributed by atoms with van der Waals surface area (Å²) >= 11 is 0. The zero-order chi connectivity index (χ0) is 27.9. The predicted molar refractivity (Wildman–Crippen MR) is 152 cm³/mol. The molecule has 1 amide bonds. The Labute approximate surface area is 237 Å². The third kappa shape index (κ3) is 5.06. The Kier molecular flexibility index (Phi) is 6.66. The minimum atomic E-state index is -0.882. The largest absolute Gasteiger partial charge is 0.465 e. The summed E-state index contributed by atoms with van der Waals surface area (Å²) < 4.78 is 21.9. The number of ether oxygens (including phenoxy) is 1. The van der Waals surface area contributed by atoms with Crippen LogP contribution < -0.4 is 9.80 Å². The topological polar surface area (TPSA) is 99.3 Å². The zero-order valence-electron chi connectivity index (χ0n) is 22.6. The van der Waals surface area contributed by atoms with Gasteiger partial charge in [0.05, 0.1) is 43.2 Å². The molecule has 212 valence electrons. The van der Waals surface area contributed by atoms with Gasteiger partial charge in [0.2, 0.25) is 0 Å². The van der Waals surface area contributed by atoms with Crippen LogP contribution in [-0.2, 0) is 4.74 Å². The summed E-state index contributed by atoms with van der Waals surface area (Å²) in [7, 11) is 0. The standard InChI is InChI=1S/C30H32FN7O3/c31-21-5-1-4-20(16-21)25-7-3-13-37(25)29-10-9-27-32-17-26(38(27)34-29)24-6-2-8-28(33-24)35-14-11-22(12-15-35)41-23-18-36(19-23)30(39)40/h1-2,4-6,8-10,16-17,22-23,25H,3,7,11-15,18-19H2,(H,39,40)/t25-/m1/s1. The highest BCUT2D eigenvalue weighted by atomic mass is 19.1. The minimum absolute atomic E-state index is 0.00124. The van der Waals surface area contributed by atoms with E-state index in [1.165, 1.54) is 11.0 Å². The summed E-state index contributed by atoms with van der Waals surface area (Å²) in [6, 6.07) is 16.9. The lowest BCUT2D eigenvalue weighted by molar-refractivity contribution is -0.0888. The first-order valence-electron chi connectivity index (χ1n) is 14.2. The van der Waals surface area contributed by atoms with Crippen molar-refractivity contribution in [1.29, 1.82) is 0 Å². The van der Waals surface area contributed by atoms with Crippen LogP contribution in [0, 0.1) is 5.82 Å². The van der Waals surface area contributed by atoms with Crippen molar-refractivity contribution in [2.75, 3.05) is 42.5 Å². The van der Waals surface area contributed by atoms with Crippen LogP contribution in [0.5, 0.6) is 0 Å². The Hall–Kier alpha value is -4.25. The minimum Gasteiger partial charge on any atom is -0.465 e. The zero-order valence-corrected chi connectivity index (χ0v) is 22.6. The van der Waals surface area contributed by atoms with E-state index in [0.29, 0.717) is 13.1 Å². The van der Waals surface area contributed by atoms with E-state index in [-0.39, 0.29) is 24.1 Å². The number of piperidine rings is 1. The molecule has 1 aromatic carbocycles. The number of amides is 1. The quantitative estimate of drug-likeness (QED) is 0.367. The van der Waals surface area contributed by atoms with Gasteiger partial charge in [0.15, 0.2) is 5.65 Å². The number of fused-ring (bicyclic) bond motifs is 1. The number of rotatable bonds is 6. The number of imidazole rings is 1. The lowest BCUT2D eigenvalue weighted by atomic mass is 10.0. The van der Waals surface area contributed by atoms with Crippen LogP contribution in [0.1, 0.15) is 37.3 Å². The number of halogens is 1. The van der Waals surface area contributed by atoms with Crippen molar-refractivity contribution in [2.45, 2.75) is 43.9 Å². The van der Waals surface area contributed by atoms with Gasteiger partial charge in [-0.25, -0.2) is 23.7 Å². The number of benzene rings is 1. The molecule has 0 aliphatic carbocycles. The Morgan fingerprint density at radius 3 is 2.59 bits per heavy atom. The van der Waals surface area contributed by atoms with Crippen molar-refractivity contribution in [3.8, 4) is 11.4 Å². The Morgan fingerprint density at radius 2 is 1.78 bits per heavy atom. The van der Waals surface area contributed by atoms with Crippen LogP contribution in [0.15, 0.2) is 60.8 Å². The lowest BCUT2D eigenvalue weighted by Crippen LogP contribution is -2.56. The molecule has 0 radical (unpaired) electrons. The van der Waals surface area contributed by atoms with Gasteiger partial charge < -0.3 is 24.5 Å². The number of hydrogen-bond donors (Lipinski definition) is 1. The molecule has 3 aromatic heterocycles. The van der Waals surface area contributed by atoms with Crippen LogP contribution in [0.2, 0.25) is 0 Å². The fourth-order valence-electron chi connectivity index (χ4n) is 6.21. The Balaban J connectivity index is 1.07. The van der Waals surface area contributed by atoms with E-state index >= 15 is 0 Å². The summed E-state index contributed by atoms with van der Waals surface area (Å²) in [5.41, 5.74) is 3.32. The molecule has 7 rings (SSSR count). The third-order valence-electron chi connectivity index (χ3n) is 8.40. The molecular weight excluding hydrogens is 525 g/mol. The molecular formula is C30H32FN7O3. The van der Waals surface area contributed by atoms with Gasteiger partial charge in [-0.3, -0.25) is 0 Å². The molecule has 3 aliphatic heterocycles. The smallest absolute Gasteiger partial charge is 0.407 e. The number of pyridine rings is 1. The van der Waals surface area contributed by atoms with E-state index in [1.807, 2.05) is 47.1 Å². The first kappa shape index (κ1) is 25.7. The van der Waals surface area contributed by atoms with Crippen LogP contribution in [0.3, 0.4) is 0 Å². The molecule has 0 saturated carbocycles. The summed E-state index contributed by atoms with van der Waals surface area (Å²) in [4.78, 5) is 26.5. The number of carbonyl (C=O) groups is 1. The Bertz CT molecular complexity index is 1560. The van der Waals surface area contributed by atoms with Gasteiger partial charge in [-0.05, 0) is 67.6 Å². The number of nitrogens with zero attached hydrogens (tertiary/aromatic N) is 7. The van der Waals surface area contributed by atoms with Crippen LogP contribution in [0.25, 0.3) is 17.0 Å². The molecule has 3 fully saturated rings. The average molecular weight is 558 g/mol. The molecule has 10 nitrogen and oxygen atoms in total. The van der Waals surface area contributed by atoms with Gasteiger partial charge >= 0.3 is 6.09 Å². The summed E-state index contributed by atoms with van der Waals surface area (Å²) in [6.07, 6.45) is 4.78. The van der Waals surface area contributed by atoms with Crippen molar-refractivity contribution in [2.24, 2.45) is 0 Å². The fourth-order valence-corrected chi connectivity index (χ4v) is 6.21. The number of carboxylic acid groups (broad SMARTS) is 1. The maximum Gasteiger partial charge on any atom is 0.407 e. The SMILES string of the molecule is O=C(O)N1CC(OC2CCN(c3cccc(-c4cnc5ccc(N6CCC[C@@H]6c6cccc(F)c6)nn45)n3)CC2)C1. The lowest BCUT2D eigenvalue weighted by Gasteiger charge is -2.41. The highest BCUT2D eigenvalue weighted by Crippen LogP contribution is 2.36. The third-order valence-corrected chi connectivity index (χ3v) is 8.40. The van der Waals surface area contributed by atoms with Gasteiger partial charge in [0.25, 0.3) is 0 Å². The molecule has 6 heterocycles. The molecule has 3 saturated heterocycles. The first-order valence-corrected chi connectivity index (χ1v) is 14.2. The molecule has 3 aliphatic rings. The van der Waals surface area contributed by atoms with E-state index in [1.54, 1.807) is 12.1 Å². The average Bonchev–Trinajstić information content (AvgIpc) is 3.62. The first-order chi connectivity index (χ1) is 20.0. The van der Waals surface area contributed by atoms with Crippen LogP contribution in [0.4, 0.5) is 20.8 Å². The predicted octanol–water partition coefficient (Wildman–Crippen LogP) is 4.62. The van der Waals surface area contributed by atoms with E-state index in [2.05, 4.69) is 14.8 Å². The van der Waals surface area contributed by atoms with Gasteiger partial charge in [-0.15, -0.1) is 5.10 Å². The molecule has 1 N–H and O–H groups in total. The number of aromatic nitrogens is 4. The van der Waals surface area contributed by atoms with E-state index < -0.39 is 6.09 Å². The molecule has 11 heteroatoms. The fraction of sp³-hybridized carbons (Fsp3) is 0.400. The van der Waals surface area contributed by atoms with Gasteiger partial charge in [-0.1, -0.05) is 18.2 Å². The maximum atomic E-state index is 14.0. The van der Waals surface area contributed by atoms with Crippen LogP contribution >= 0.6 is 0 Å². The van der Waals surface area contributed by atoms with Crippen molar-refractivity contribution in [3.63, 3.8) is 0 Å². The second kappa shape index (κ2) is 10.6. The van der Waals surface area contributed by atoms with Crippen molar-refractivity contribution >= 4 is 23.4 Å². The number of anilines is 2. The summed E-state index contributed by atoms with van der Waals surface area (Å²) in [6.45, 7) is 3.41. The second-order valence-electron chi connectivity index (χ2n) is 11.0. The van der Waals surface area contributed by atoms with Gasteiger partial charge in [0, 0.05) is 19.6 Å². The number of hydrogen-bond acceptors (Lipinski definition) is 7. The van der Waals surface area contributed by atoms with Crippen molar-refractivity contribution in [3.05, 3.63) is 72.2 Å². The molecule has 0 bridgehead atoms. The second-order valence-corrected chi connectivity index (χ2v) is 11.0. The van der Waals surface area contributed by atoms with Crippen LogP contribution in [-0.4, -0.2) is 80.6 Å². The maximum absolute atomic E-state index is 14.0. The molecule has 1 atom stereocenters. The molecule has 0 spiro atoms. The van der Waals surface area contributed by atoms with Gasteiger partial charge in [-0.2, -0.15) is 0 Å². The van der Waals surface area contributed by atoms with E-state index in [9.17, 15) is 9.18 Å². The molecule has 4 aromatic rings. The highest BCUT2D eigenvalue weighted by Gasteiger charge is 2.34. The number of likely N-dealkylation sites (tertiary alicyclic amines) is 1. The van der Waals surface area contributed by atoms with E-state index in [4.69, 9.17) is 19.9 Å². The highest BCUT2D eigenvalue weighted by molar-refractivity contribution is 5.66. The normalized spacial score (nSPS) is 20.1. The summed E-state index contributed by atoms with van der Waals surface area (Å²) in [5.74, 6) is 1.51. The van der Waals surface area contributed by atoms with Gasteiger partial charge in [0.1, 0.15) is 23.1 Å². The van der Waals surface area contributed by atoms with Crippen molar-refractivity contribution in [1.82, 2.24) is 24.5 Å². The van der Waals surface area contributed by atoms with E-state index in [0.717, 1.165) is 79.6 Å². The monoisotopic (exact) mass is 557 g/mol. The molecule has 41 heavy (non-hydrogen) atoms. The molecule has 0 unspecified atom stereocenters. The Morgan fingerprint density at radius 1 is 0.951 bits per heavy atom. The van der Waals surface area contributed by atoms with Crippen molar-refractivity contribution < 1.29 is 19.0 Å².